The highest BCUT2D eigenvalue weighted by atomic mass is 32.2. The van der Waals surface area contributed by atoms with E-state index in [1.165, 1.54) is 37.4 Å². The zero-order valence-electron chi connectivity index (χ0n) is 84.5. The Balaban J connectivity index is 0.000000135. The number of nitrogens with two attached hydrogens (primary N) is 1. The van der Waals surface area contributed by atoms with Gasteiger partial charge < -0.3 is 29.4 Å². The number of ketones is 4. The second-order valence-electron chi connectivity index (χ2n) is 39.3. The van der Waals surface area contributed by atoms with Crippen LogP contribution in [0.2, 0.25) is 0 Å². The number of piperidine rings is 4. The number of fused-ring (bicyclic) bond motifs is 4. The van der Waals surface area contributed by atoms with Crippen molar-refractivity contribution in [2.45, 2.75) is 141 Å². The van der Waals surface area contributed by atoms with E-state index >= 15 is 0 Å². The summed E-state index contributed by atoms with van der Waals surface area (Å²) in [6.07, 6.45) is 10.7. The third kappa shape index (κ3) is 25.7. The Hall–Kier alpha value is -15.0. The molecule has 8 aliphatic heterocycles. The number of carbonyl (C=O) groups excluding carboxylic acids is 5. The Morgan fingerprint density at radius 3 is 0.960 bits per heavy atom. The van der Waals surface area contributed by atoms with Crippen LogP contribution >= 0.6 is 0 Å². The average Bonchev–Trinajstić information content (AvgIpc) is 1.66. The molecule has 12 aromatic carbocycles. The fourth-order valence-electron chi connectivity index (χ4n) is 21.4. The molecule has 4 atom stereocenters. The zero-order chi connectivity index (χ0) is 105. The molecule has 12 aromatic rings. The second-order valence-corrected chi connectivity index (χ2v) is 41.4. The van der Waals surface area contributed by atoms with E-state index in [9.17, 15) is 55.2 Å². The topological polar surface area (TPSA) is 302 Å². The lowest BCUT2D eigenvalue weighted by molar-refractivity contribution is -0.131. The molecular weight excluding hydrogens is 1910 g/mol. The van der Waals surface area contributed by atoms with Crippen molar-refractivity contribution in [3.63, 3.8) is 0 Å². The van der Waals surface area contributed by atoms with Crippen molar-refractivity contribution in [1.29, 1.82) is 10.5 Å². The minimum absolute atomic E-state index is 0.0808. The molecule has 0 saturated carbocycles. The third-order valence-corrected chi connectivity index (χ3v) is 30.2. The van der Waals surface area contributed by atoms with E-state index in [-0.39, 0.29) is 75.0 Å². The van der Waals surface area contributed by atoms with Crippen LogP contribution in [0.5, 0.6) is 28.7 Å². The number of aliphatic imine (C=N–C) groups is 4. The van der Waals surface area contributed by atoms with E-state index in [0.717, 1.165) is 193 Å². The quantitative estimate of drug-likeness (QED) is 0.0144. The van der Waals surface area contributed by atoms with Gasteiger partial charge in [-0.15, -0.1) is 0 Å². The number of nitrogen functional groups attached to an aromatic ring is 1. The van der Waals surface area contributed by atoms with Crippen LogP contribution < -0.4 is 29.4 Å². The summed E-state index contributed by atoms with van der Waals surface area (Å²) in [5, 5.41) is 18.3. The summed E-state index contributed by atoms with van der Waals surface area (Å²) in [4.78, 5) is 92.6. The summed E-state index contributed by atoms with van der Waals surface area (Å²) < 4.78 is 108. The highest BCUT2D eigenvalue weighted by molar-refractivity contribution is 7.90. The molecule has 8 heterocycles. The number of hydrogen-bond donors (Lipinski definition) is 1. The molecular formula is C121H119F4N11O12S. The maximum atomic E-state index is 14.5. The molecule has 0 aliphatic carbocycles. The van der Waals surface area contributed by atoms with E-state index in [4.69, 9.17) is 39.7 Å². The normalized spacial score (nSPS) is 17.3. The number of anilines is 1. The summed E-state index contributed by atoms with van der Waals surface area (Å²) >= 11 is 0. The van der Waals surface area contributed by atoms with Crippen LogP contribution in [0.25, 0.3) is 0 Å². The molecule has 4 fully saturated rings. The lowest BCUT2D eigenvalue weighted by Gasteiger charge is -2.33. The fraction of sp³-hybridized carbons (Fsp3) is 0.314. The maximum Gasteiger partial charge on any atom is 0.308 e. The van der Waals surface area contributed by atoms with Crippen LogP contribution in [0, 0.1) is 69.6 Å². The third-order valence-electron chi connectivity index (χ3n) is 29.0. The van der Waals surface area contributed by atoms with E-state index in [0.29, 0.717) is 168 Å². The SMILES string of the molecule is COc1cccc(F)c1CN1CCC[C@@H](CC(=O)c2ccc3c(c2)C(c2ccc(C#N)cc2)=NC3)C1.COc1cccc(F)c1CN1CCC[C@@H](CC(=O)c2ccc3c(c2)C(c2ccc(N)c(OC(C)=O)c2)=NC3)C1.COc1cccc(F)c1CN1CCC[C@@H](CC(=O)c2ccc3c(c2)C(c2ccc(S(C)(=O)=O)cc2)=NC3)C1.COc1cccc(F)c1CN1CCC[C@@H](CC(=O)c2ccc3c(c2)C(c2cccc(C#N)c2)=NC3)C1. The number of esters is 1. The van der Waals surface area contributed by atoms with Crippen molar-refractivity contribution in [3.05, 3.63) is 382 Å². The first-order valence-corrected chi connectivity index (χ1v) is 52.4. The standard InChI is InChI=1S/C31H32FN3O4.2C30H28FN3O2.C30H31FN2O4S/c1-19(36)39-30-15-22(10-11-27(30)33)31-24-14-21(8-9-23(24)16-34-31)28(37)13-20-5-4-12-35(17-20)18-25-26(32)6-3-7-29(25)38-2;1-36-29-9-3-8-27(31)26(29)19-34-12-4-6-21(18-34)14-28(35)22-10-11-24-17-33-30(25(24)15-22)23-7-2-5-20(13-23)16-32;1-36-29-6-2-5-27(31)26(29)19-34-13-3-4-21(18-34)14-28(35)23-11-12-24-17-33-30(25(24)15-23)22-9-7-20(16-32)8-10-22;1-37-29-7-3-6-27(31)26(29)19-33-14-4-5-20(18-33)15-28(34)22-8-9-23-17-32-30(25(23)16-22)21-10-12-24(13-11-21)38(2,35)36/h3,6-11,14-15,20H,4-5,12-13,16-18,33H2,1-2H3;2-3,5,7-11,13,15,21H,4,6,12,14,17-19H2,1H3;2,5-12,15,21H,3-4,13-14,17-19H2,1H3;3,6-13,16,20H,4-5,14-15,17-19H2,1-2H3/t20-;2*21-;20-/m0000/s1. The first-order valence-electron chi connectivity index (χ1n) is 50.5. The average molecular weight is 2030 g/mol. The number of rotatable bonds is 30. The molecule has 23 nitrogen and oxygen atoms in total. The number of likely N-dealkylation sites (tertiary alicyclic amines) is 4. The fourth-order valence-corrected chi connectivity index (χ4v) is 22.1. The van der Waals surface area contributed by atoms with Crippen molar-refractivity contribution in [2.75, 3.05) is 92.8 Å². The molecule has 0 bridgehead atoms. The molecule has 28 heteroatoms. The number of halogens is 4. The van der Waals surface area contributed by atoms with Gasteiger partial charge in [-0.2, -0.15) is 10.5 Å². The van der Waals surface area contributed by atoms with E-state index in [2.05, 4.69) is 46.7 Å². The van der Waals surface area contributed by atoms with Crippen molar-refractivity contribution in [1.82, 2.24) is 19.6 Å². The van der Waals surface area contributed by atoms with Gasteiger partial charge >= 0.3 is 5.97 Å². The van der Waals surface area contributed by atoms with Gasteiger partial charge in [0.15, 0.2) is 38.7 Å². The van der Waals surface area contributed by atoms with Crippen molar-refractivity contribution < 1.29 is 73.6 Å². The highest BCUT2D eigenvalue weighted by Gasteiger charge is 2.34. The maximum absolute atomic E-state index is 14.5. The van der Waals surface area contributed by atoms with Crippen molar-refractivity contribution in [2.24, 2.45) is 43.6 Å². The molecule has 4 saturated heterocycles. The number of Topliss-reactive ketones (excluding diaryl/α,β-unsaturated/α-hetero) is 4. The Kier molecular flexibility index (Phi) is 34.1. The molecule has 0 unspecified atom stereocenters. The predicted molar refractivity (Wildman–Crippen MR) is 567 cm³/mol. The van der Waals surface area contributed by atoms with Crippen LogP contribution in [-0.2, 0) is 67.0 Å². The summed E-state index contributed by atoms with van der Waals surface area (Å²) in [6.45, 7) is 11.8. The van der Waals surface area contributed by atoms with Crippen LogP contribution in [0.15, 0.2) is 261 Å². The molecule has 0 spiro atoms. The van der Waals surface area contributed by atoms with Crippen LogP contribution in [-0.4, -0.2) is 167 Å². The second kappa shape index (κ2) is 48.3. The van der Waals surface area contributed by atoms with E-state index in [1.807, 2.05) is 109 Å². The monoisotopic (exact) mass is 2030 g/mol. The number of carbonyl (C=O) groups is 5. The first kappa shape index (κ1) is 105. The molecule has 0 radical (unpaired) electrons. The van der Waals surface area contributed by atoms with Gasteiger partial charge in [0, 0.05) is 180 Å². The van der Waals surface area contributed by atoms with Gasteiger partial charge in [0.25, 0.3) is 0 Å². The van der Waals surface area contributed by atoms with Crippen LogP contribution in [0.4, 0.5) is 23.2 Å². The Labute approximate surface area is 866 Å². The van der Waals surface area contributed by atoms with Gasteiger partial charge in [-0.3, -0.25) is 63.5 Å². The van der Waals surface area contributed by atoms with Gasteiger partial charge in [0.2, 0.25) is 0 Å². The molecule has 0 aromatic heterocycles. The number of nitriles is 2. The molecule has 8 aliphatic rings. The highest BCUT2D eigenvalue weighted by Crippen LogP contribution is 2.39. The number of nitrogens with zero attached hydrogens (tertiary/aromatic N) is 10. The molecule has 764 valence electrons. The summed E-state index contributed by atoms with van der Waals surface area (Å²) in [6, 6.07) is 73.8. The molecule has 20 rings (SSSR count). The summed E-state index contributed by atoms with van der Waals surface area (Å²) in [5.41, 5.74) is 27.2. The number of methoxy groups -OCH3 is 4. The minimum Gasteiger partial charge on any atom is -0.496 e. The van der Waals surface area contributed by atoms with Crippen molar-refractivity contribution >= 4 is 67.5 Å². The van der Waals surface area contributed by atoms with Crippen LogP contribution in [0.3, 0.4) is 0 Å². The van der Waals surface area contributed by atoms with Gasteiger partial charge in [0.1, 0.15) is 46.3 Å². The van der Waals surface area contributed by atoms with E-state index < -0.39 is 15.8 Å². The van der Waals surface area contributed by atoms with Gasteiger partial charge in [0.05, 0.1) is 111 Å². The van der Waals surface area contributed by atoms with Gasteiger partial charge in [-0.25, -0.2) is 26.0 Å². The molecule has 149 heavy (non-hydrogen) atoms. The smallest absolute Gasteiger partial charge is 0.308 e. The molecule has 2 N–H and O–H groups in total. The number of benzene rings is 12. The molecule has 0 amide bonds. The largest absolute Gasteiger partial charge is 0.496 e. The summed E-state index contributed by atoms with van der Waals surface area (Å²) in [7, 11) is 2.94. The Morgan fingerprint density at radius 2 is 0.658 bits per heavy atom. The van der Waals surface area contributed by atoms with E-state index in [1.54, 1.807) is 132 Å². The van der Waals surface area contributed by atoms with Gasteiger partial charge in [-0.1, -0.05) is 115 Å². The number of hydrogen-bond acceptors (Lipinski definition) is 23. The van der Waals surface area contributed by atoms with Crippen LogP contribution in [0.1, 0.15) is 226 Å². The number of ether oxygens (including phenoxy) is 5. The first-order chi connectivity index (χ1) is 72.1. The minimum atomic E-state index is -3.28. The summed E-state index contributed by atoms with van der Waals surface area (Å²) in [5.74, 6) is 2.22. The Bertz CT molecular complexity index is 7420. The lowest BCUT2D eigenvalue weighted by Crippen LogP contribution is -2.36. The predicted octanol–water partition coefficient (Wildman–Crippen LogP) is 21.3. The zero-order valence-corrected chi connectivity index (χ0v) is 85.3. The lowest BCUT2D eigenvalue weighted by atomic mass is 9.89. The van der Waals surface area contributed by atoms with Gasteiger partial charge in [-0.05, 0) is 245 Å². The number of sulfone groups is 1. The van der Waals surface area contributed by atoms with Crippen molar-refractivity contribution in [3.8, 4) is 40.9 Å². The Morgan fingerprint density at radius 1 is 0.362 bits per heavy atom.